The van der Waals surface area contributed by atoms with Crippen LogP contribution in [0, 0.1) is 6.92 Å². The van der Waals surface area contributed by atoms with Gasteiger partial charge >= 0.3 is 5.63 Å². The van der Waals surface area contributed by atoms with Gasteiger partial charge in [-0.1, -0.05) is 26.0 Å². The molecule has 0 fully saturated rings. The average molecular weight is 218 g/mol. The summed E-state index contributed by atoms with van der Waals surface area (Å²) in [5.74, 6) is 0.266. The van der Waals surface area contributed by atoms with Gasteiger partial charge in [-0.15, -0.1) is 0 Å². The molecule has 1 heterocycles. The predicted octanol–water partition coefficient (Wildman–Crippen LogP) is 2.93. The minimum absolute atomic E-state index is 0.0220. The zero-order chi connectivity index (χ0) is 11.9. The Morgan fingerprint density at radius 3 is 2.62 bits per heavy atom. The Bertz CT molecular complexity index is 594. The van der Waals surface area contributed by atoms with E-state index in [4.69, 9.17) is 4.42 Å². The van der Waals surface area contributed by atoms with Gasteiger partial charge in [0.2, 0.25) is 0 Å². The second-order valence-electron chi connectivity index (χ2n) is 4.24. The highest BCUT2D eigenvalue weighted by Gasteiger charge is 2.14. The SMILES string of the molecule is Cc1c(O)c2cccc(C(C)C)c2oc1=O. The smallest absolute Gasteiger partial charge is 0.342 e. The largest absolute Gasteiger partial charge is 0.507 e. The summed E-state index contributed by atoms with van der Waals surface area (Å²) in [6, 6.07) is 5.52. The third kappa shape index (κ3) is 1.48. The van der Waals surface area contributed by atoms with Crippen LogP contribution in [0.25, 0.3) is 11.0 Å². The Balaban J connectivity index is 2.95. The van der Waals surface area contributed by atoms with E-state index >= 15 is 0 Å². The van der Waals surface area contributed by atoms with E-state index in [0.29, 0.717) is 11.0 Å². The van der Waals surface area contributed by atoms with Gasteiger partial charge < -0.3 is 9.52 Å². The molecule has 0 atom stereocenters. The second kappa shape index (κ2) is 3.67. The summed E-state index contributed by atoms with van der Waals surface area (Å²) in [4.78, 5) is 11.5. The molecule has 0 amide bonds. The first-order valence-corrected chi connectivity index (χ1v) is 5.27. The number of fused-ring (bicyclic) bond motifs is 1. The molecule has 2 aromatic rings. The molecule has 1 aromatic carbocycles. The maximum Gasteiger partial charge on any atom is 0.342 e. The van der Waals surface area contributed by atoms with Gasteiger partial charge in [-0.3, -0.25) is 0 Å². The van der Waals surface area contributed by atoms with Crippen molar-refractivity contribution < 1.29 is 9.52 Å². The first-order valence-electron chi connectivity index (χ1n) is 5.27. The number of rotatable bonds is 1. The normalized spacial score (nSPS) is 11.2. The Hall–Kier alpha value is -1.77. The minimum Gasteiger partial charge on any atom is -0.507 e. The van der Waals surface area contributed by atoms with Crippen LogP contribution < -0.4 is 5.63 Å². The van der Waals surface area contributed by atoms with E-state index in [9.17, 15) is 9.90 Å². The highest BCUT2D eigenvalue weighted by atomic mass is 16.4. The predicted molar refractivity (Wildman–Crippen MR) is 63.0 cm³/mol. The number of benzene rings is 1. The van der Waals surface area contributed by atoms with Crippen LogP contribution in [0.1, 0.15) is 30.9 Å². The quantitative estimate of drug-likeness (QED) is 0.749. The molecule has 84 valence electrons. The molecular formula is C13H14O3. The first-order chi connectivity index (χ1) is 7.52. The zero-order valence-corrected chi connectivity index (χ0v) is 9.57. The third-order valence-electron chi connectivity index (χ3n) is 2.78. The highest BCUT2D eigenvalue weighted by Crippen LogP contribution is 2.30. The lowest BCUT2D eigenvalue weighted by Crippen LogP contribution is -2.04. The zero-order valence-electron chi connectivity index (χ0n) is 9.57. The molecule has 0 aliphatic carbocycles. The lowest BCUT2D eigenvalue weighted by molar-refractivity contribution is 0.460. The second-order valence-corrected chi connectivity index (χ2v) is 4.24. The van der Waals surface area contributed by atoms with Gasteiger partial charge in [0.15, 0.2) is 0 Å². The van der Waals surface area contributed by atoms with Gasteiger partial charge in [-0.05, 0) is 24.5 Å². The molecule has 3 nitrogen and oxygen atoms in total. The van der Waals surface area contributed by atoms with Crippen LogP contribution >= 0.6 is 0 Å². The molecule has 0 aliphatic rings. The number of hydrogen-bond acceptors (Lipinski definition) is 3. The van der Waals surface area contributed by atoms with Crippen molar-refractivity contribution in [3.63, 3.8) is 0 Å². The van der Waals surface area contributed by atoms with E-state index in [2.05, 4.69) is 0 Å². The van der Waals surface area contributed by atoms with Crippen molar-refractivity contribution >= 4 is 11.0 Å². The Labute approximate surface area is 93.3 Å². The Morgan fingerprint density at radius 2 is 2.00 bits per heavy atom. The van der Waals surface area contributed by atoms with Crippen LogP contribution in [0.2, 0.25) is 0 Å². The average Bonchev–Trinajstić information content (AvgIpc) is 2.25. The van der Waals surface area contributed by atoms with Crippen molar-refractivity contribution in [2.75, 3.05) is 0 Å². The van der Waals surface area contributed by atoms with E-state index in [1.165, 1.54) is 0 Å². The molecule has 1 N–H and O–H groups in total. The molecule has 2 rings (SSSR count). The van der Waals surface area contributed by atoms with E-state index in [-0.39, 0.29) is 17.2 Å². The first kappa shape index (κ1) is 10.7. The van der Waals surface area contributed by atoms with Gasteiger partial charge in [-0.2, -0.15) is 0 Å². The maximum atomic E-state index is 11.5. The summed E-state index contributed by atoms with van der Waals surface area (Å²) >= 11 is 0. The van der Waals surface area contributed by atoms with Gasteiger partial charge in [-0.25, -0.2) is 4.79 Å². The standard InChI is InChI=1S/C13H14O3/c1-7(2)9-5-4-6-10-11(14)8(3)13(15)16-12(9)10/h4-7,14H,1-3H3. The molecule has 0 saturated heterocycles. The molecule has 16 heavy (non-hydrogen) atoms. The number of hydrogen-bond donors (Lipinski definition) is 1. The van der Waals surface area contributed by atoms with Crippen LogP contribution in [0.5, 0.6) is 5.75 Å². The number of aromatic hydroxyl groups is 1. The number of para-hydroxylation sites is 1. The molecule has 0 spiro atoms. The Morgan fingerprint density at radius 1 is 1.31 bits per heavy atom. The summed E-state index contributed by atoms with van der Waals surface area (Å²) in [5, 5.41) is 10.5. The molecule has 0 aliphatic heterocycles. The molecule has 0 unspecified atom stereocenters. The monoisotopic (exact) mass is 218 g/mol. The molecule has 0 bridgehead atoms. The molecule has 1 aromatic heterocycles. The van der Waals surface area contributed by atoms with Crippen LogP contribution in [-0.2, 0) is 0 Å². The highest BCUT2D eigenvalue weighted by molar-refractivity contribution is 5.86. The fourth-order valence-corrected chi connectivity index (χ4v) is 1.78. The fourth-order valence-electron chi connectivity index (χ4n) is 1.78. The molecular weight excluding hydrogens is 204 g/mol. The van der Waals surface area contributed by atoms with Gasteiger partial charge in [0.25, 0.3) is 0 Å². The van der Waals surface area contributed by atoms with Gasteiger partial charge in [0, 0.05) is 0 Å². The van der Waals surface area contributed by atoms with Crippen molar-refractivity contribution in [3.8, 4) is 5.75 Å². The summed E-state index contributed by atoms with van der Waals surface area (Å²) in [7, 11) is 0. The van der Waals surface area contributed by atoms with Gasteiger partial charge in [0.1, 0.15) is 11.3 Å². The van der Waals surface area contributed by atoms with Crippen molar-refractivity contribution in [2.45, 2.75) is 26.7 Å². The van der Waals surface area contributed by atoms with Crippen molar-refractivity contribution in [3.05, 3.63) is 39.7 Å². The van der Waals surface area contributed by atoms with E-state index in [1.54, 1.807) is 13.0 Å². The Kier molecular flexibility index (Phi) is 2.46. The van der Waals surface area contributed by atoms with E-state index in [1.807, 2.05) is 26.0 Å². The molecule has 0 radical (unpaired) electrons. The van der Waals surface area contributed by atoms with Crippen LogP contribution in [0.15, 0.2) is 27.4 Å². The van der Waals surface area contributed by atoms with Gasteiger partial charge in [0.05, 0.1) is 10.9 Å². The van der Waals surface area contributed by atoms with E-state index in [0.717, 1.165) is 5.56 Å². The van der Waals surface area contributed by atoms with Crippen molar-refractivity contribution in [1.82, 2.24) is 0 Å². The lowest BCUT2D eigenvalue weighted by Gasteiger charge is -2.09. The van der Waals surface area contributed by atoms with Crippen molar-refractivity contribution in [2.24, 2.45) is 0 Å². The van der Waals surface area contributed by atoms with Crippen LogP contribution in [0.3, 0.4) is 0 Å². The van der Waals surface area contributed by atoms with Crippen molar-refractivity contribution in [1.29, 1.82) is 0 Å². The minimum atomic E-state index is -0.474. The summed E-state index contributed by atoms with van der Waals surface area (Å²) in [6.07, 6.45) is 0. The lowest BCUT2D eigenvalue weighted by atomic mass is 10.00. The summed E-state index contributed by atoms with van der Waals surface area (Å²) in [6.45, 7) is 5.60. The third-order valence-corrected chi connectivity index (χ3v) is 2.78. The summed E-state index contributed by atoms with van der Waals surface area (Å²) in [5.41, 5.74) is 1.21. The molecule has 3 heteroatoms. The topological polar surface area (TPSA) is 50.4 Å². The fraction of sp³-hybridized carbons (Fsp3) is 0.308. The van der Waals surface area contributed by atoms with E-state index < -0.39 is 5.63 Å². The maximum absolute atomic E-state index is 11.5. The van der Waals surface area contributed by atoms with Crippen LogP contribution in [-0.4, -0.2) is 5.11 Å². The summed E-state index contributed by atoms with van der Waals surface area (Å²) < 4.78 is 5.25. The van der Waals surface area contributed by atoms with Crippen LogP contribution in [0.4, 0.5) is 0 Å². The molecule has 0 saturated carbocycles.